The number of likely N-dealkylation sites (tertiary alicyclic amines) is 1. The molecule has 3 aromatic rings. The van der Waals surface area contributed by atoms with Crippen LogP contribution in [0.25, 0.3) is 0 Å². The van der Waals surface area contributed by atoms with Crippen LogP contribution in [0.4, 0.5) is 11.4 Å². The molecule has 1 fully saturated rings. The molecule has 11 heteroatoms. The zero-order chi connectivity index (χ0) is 22.9. The van der Waals surface area contributed by atoms with E-state index in [0.29, 0.717) is 54.5 Å². The molecule has 0 radical (unpaired) electrons. The lowest BCUT2D eigenvalue weighted by molar-refractivity contribution is 0.0766. The number of hydrogen-bond acceptors (Lipinski definition) is 8. The summed E-state index contributed by atoms with van der Waals surface area (Å²) < 4.78 is 18.8. The summed E-state index contributed by atoms with van der Waals surface area (Å²) >= 11 is 6.28. The van der Waals surface area contributed by atoms with Crippen LogP contribution in [-0.4, -0.2) is 69.8 Å². The Morgan fingerprint density at radius 3 is 2.85 bits per heavy atom. The van der Waals surface area contributed by atoms with Crippen molar-refractivity contribution in [3.63, 3.8) is 0 Å². The molecule has 10 nitrogen and oxygen atoms in total. The van der Waals surface area contributed by atoms with Gasteiger partial charge in [-0.05, 0) is 6.07 Å². The van der Waals surface area contributed by atoms with Gasteiger partial charge in [-0.15, -0.1) is 0 Å². The van der Waals surface area contributed by atoms with Gasteiger partial charge in [0.15, 0.2) is 5.75 Å². The molecule has 33 heavy (non-hydrogen) atoms. The second-order valence-corrected chi connectivity index (χ2v) is 8.29. The van der Waals surface area contributed by atoms with E-state index in [-0.39, 0.29) is 12.0 Å². The van der Waals surface area contributed by atoms with E-state index in [4.69, 9.17) is 25.8 Å². The number of halogens is 1. The van der Waals surface area contributed by atoms with Gasteiger partial charge >= 0.3 is 0 Å². The summed E-state index contributed by atoms with van der Waals surface area (Å²) in [5.74, 6) is 1.40. The number of nitrogens with zero attached hydrogens (tertiary/aromatic N) is 6. The van der Waals surface area contributed by atoms with Gasteiger partial charge in [-0.3, -0.25) is 4.79 Å². The number of pyridine rings is 2. The summed E-state index contributed by atoms with van der Waals surface area (Å²) in [5, 5.41) is 0.428. The third-order valence-corrected chi connectivity index (χ3v) is 5.90. The number of anilines is 2. The number of methoxy groups -OCH3 is 1. The maximum absolute atomic E-state index is 12.7. The Morgan fingerprint density at radius 2 is 2.09 bits per heavy atom. The minimum atomic E-state index is -0.154. The number of aromatic nitrogens is 4. The molecular weight excluding hydrogens is 448 g/mol. The van der Waals surface area contributed by atoms with E-state index >= 15 is 0 Å². The number of rotatable bonds is 5. The van der Waals surface area contributed by atoms with Crippen LogP contribution in [-0.2, 0) is 7.05 Å². The van der Waals surface area contributed by atoms with Crippen LogP contribution in [0.3, 0.4) is 0 Å². The van der Waals surface area contributed by atoms with Crippen molar-refractivity contribution in [2.45, 2.75) is 12.5 Å². The highest BCUT2D eigenvalue weighted by atomic mass is 35.5. The third kappa shape index (κ3) is 4.25. The first-order chi connectivity index (χ1) is 16.0. The van der Waals surface area contributed by atoms with Gasteiger partial charge in [0, 0.05) is 32.3 Å². The Kier molecular flexibility index (Phi) is 5.67. The van der Waals surface area contributed by atoms with Crippen LogP contribution in [0.1, 0.15) is 16.9 Å². The highest BCUT2D eigenvalue weighted by Gasteiger charge is 2.30. The zero-order valence-electron chi connectivity index (χ0n) is 18.3. The molecule has 0 bridgehead atoms. The van der Waals surface area contributed by atoms with Crippen molar-refractivity contribution in [2.24, 2.45) is 7.05 Å². The van der Waals surface area contributed by atoms with E-state index < -0.39 is 0 Å². The Hall–Kier alpha value is -3.53. The van der Waals surface area contributed by atoms with Crippen molar-refractivity contribution < 1.29 is 19.0 Å². The number of carbonyl (C=O) groups is 1. The van der Waals surface area contributed by atoms with Crippen molar-refractivity contribution >= 4 is 28.9 Å². The van der Waals surface area contributed by atoms with Gasteiger partial charge < -0.3 is 28.6 Å². The minimum Gasteiger partial charge on any atom is -0.488 e. The number of aryl methyl sites for hydroxylation is 1. The molecule has 2 aliphatic rings. The Labute approximate surface area is 195 Å². The highest BCUT2D eigenvalue weighted by Crippen LogP contribution is 2.39. The quantitative estimate of drug-likeness (QED) is 0.561. The number of fused-ring (bicyclic) bond motifs is 1. The number of hydrogen-bond donors (Lipinski definition) is 0. The van der Waals surface area contributed by atoms with E-state index in [1.807, 2.05) is 19.2 Å². The maximum atomic E-state index is 12.7. The Morgan fingerprint density at radius 1 is 1.21 bits per heavy atom. The fraction of sp³-hybridized carbons (Fsp3) is 0.364. The monoisotopic (exact) mass is 470 g/mol. The summed E-state index contributed by atoms with van der Waals surface area (Å²) in [7, 11) is 3.37. The predicted molar refractivity (Wildman–Crippen MR) is 121 cm³/mol. The highest BCUT2D eigenvalue weighted by molar-refractivity contribution is 6.32. The summed E-state index contributed by atoms with van der Waals surface area (Å²) in [6.45, 7) is 2.21. The second kappa shape index (κ2) is 8.78. The molecule has 0 unspecified atom stereocenters. The average Bonchev–Trinajstić information content (AvgIpc) is 3.47. The SMILES string of the molecule is COc1ncc(N2CCOc3cnc(O[C@H]4CCN(C(=O)c5cn(C)cn5)C4)cc32)cc1Cl. The van der Waals surface area contributed by atoms with Crippen LogP contribution in [0.2, 0.25) is 5.02 Å². The lowest BCUT2D eigenvalue weighted by Gasteiger charge is -2.31. The van der Waals surface area contributed by atoms with Gasteiger partial charge in [-0.2, -0.15) is 0 Å². The maximum Gasteiger partial charge on any atom is 0.274 e. The third-order valence-electron chi connectivity index (χ3n) is 5.63. The molecular formula is C22H23ClN6O4. The summed E-state index contributed by atoms with van der Waals surface area (Å²) in [6, 6.07) is 3.65. The Balaban J connectivity index is 1.31. The van der Waals surface area contributed by atoms with E-state index in [2.05, 4.69) is 19.9 Å². The lowest BCUT2D eigenvalue weighted by Crippen LogP contribution is -2.31. The van der Waals surface area contributed by atoms with Crippen LogP contribution in [0.15, 0.2) is 37.1 Å². The molecule has 172 valence electrons. The van der Waals surface area contributed by atoms with Crippen LogP contribution in [0, 0.1) is 0 Å². The molecule has 2 aliphatic heterocycles. The molecule has 1 amide bonds. The van der Waals surface area contributed by atoms with Crippen molar-refractivity contribution in [3.05, 3.63) is 47.8 Å². The first kappa shape index (κ1) is 21.3. The van der Waals surface area contributed by atoms with Gasteiger partial charge in [0.05, 0.1) is 50.3 Å². The zero-order valence-corrected chi connectivity index (χ0v) is 19.0. The molecule has 0 spiro atoms. The number of ether oxygens (including phenoxy) is 3. The van der Waals surface area contributed by atoms with Crippen molar-refractivity contribution in [3.8, 4) is 17.5 Å². The van der Waals surface area contributed by atoms with Gasteiger partial charge in [0.1, 0.15) is 23.4 Å². The van der Waals surface area contributed by atoms with Crippen LogP contribution < -0.4 is 19.1 Å². The van der Waals surface area contributed by atoms with Crippen molar-refractivity contribution in [1.29, 1.82) is 0 Å². The summed E-state index contributed by atoms with van der Waals surface area (Å²) in [4.78, 5) is 29.3. The van der Waals surface area contributed by atoms with Gasteiger partial charge in [-0.1, -0.05) is 11.6 Å². The fourth-order valence-corrected chi connectivity index (χ4v) is 4.25. The van der Waals surface area contributed by atoms with Crippen LogP contribution in [0.5, 0.6) is 17.5 Å². The van der Waals surface area contributed by atoms with E-state index in [1.165, 1.54) is 7.11 Å². The Bertz CT molecular complexity index is 1190. The first-order valence-corrected chi connectivity index (χ1v) is 10.9. The molecule has 1 saturated heterocycles. The molecule has 0 saturated carbocycles. The van der Waals surface area contributed by atoms with Gasteiger partial charge in [-0.25, -0.2) is 15.0 Å². The molecule has 3 aromatic heterocycles. The molecule has 0 aliphatic carbocycles. The van der Waals surface area contributed by atoms with Crippen molar-refractivity contribution in [1.82, 2.24) is 24.4 Å². The normalized spacial score (nSPS) is 17.5. The van der Waals surface area contributed by atoms with Gasteiger partial charge in [0.2, 0.25) is 11.8 Å². The number of amides is 1. The van der Waals surface area contributed by atoms with Crippen LogP contribution >= 0.6 is 11.6 Å². The van der Waals surface area contributed by atoms with E-state index in [9.17, 15) is 4.79 Å². The minimum absolute atomic E-state index is 0.0939. The standard InChI is InChI=1S/C22H23ClN6O4/c1-27-12-17(26-13-27)22(30)28-4-3-15(11-28)33-20-8-18-19(10-24-20)32-6-5-29(18)14-7-16(23)21(31-2)25-9-14/h7-10,12-13,15H,3-6,11H2,1-2H3/t15-/m0/s1. The van der Waals surface area contributed by atoms with Gasteiger partial charge in [0.25, 0.3) is 5.91 Å². The summed E-state index contributed by atoms with van der Waals surface area (Å²) in [5.41, 5.74) is 2.06. The molecule has 0 aromatic carbocycles. The molecule has 0 N–H and O–H groups in total. The largest absolute Gasteiger partial charge is 0.488 e. The number of imidazole rings is 1. The fourth-order valence-electron chi connectivity index (χ4n) is 4.01. The van der Waals surface area contributed by atoms with E-state index in [0.717, 1.165) is 17.8 Å². The average molecular weight is 471 g/mol. The molecule has 1 atom stereocenters. The molecule has 5 rings (SSSR count). The first-order valence-electron chi connectivity index (χ1n) is 10.6. The summed E-state index contributed by atoms with van der Waals surface area (Å²) in [6.07, 6.45) is 7.26. The lowest BCUT2D eigenvalue weighted by atomic mass is 10.2. The smallest absolute Gasteiger partial charge is 0.274 e. The topological polar surface area (TPSA) is 94.8 Å². The molecule has 5 heterocycles. The predicted octanol–water partition coefficient (Wildman–Crippen LogP) is 2.70. The second-order valence-electron chi connectivity index (χ2n) is 7.88. The number of carbonyl (C=O) groups excluding carboxylic acids is 1. The van der Waals surface area contributed by atoms with E-state index in [1.54, 1.807) is 34.4 Å². The van der Waals surface area contributed by atoms with Crippen molar-refractivity contribution in [2.75, 3.05) is 38.3 Å².